The van der Waals surface area contributed by atoms with Crippen LogP contribution in [0.15, 0.2) is 29.2 Å². The summed E-state index contributed by atoms with van der Waals surface area (Å²) in [5.74, 6) is -0.148. The van der Waals surface area contributed by atoms with Crippen molar-refractivity contribution in [2.75, 3.05) is 44.9 Å². The molecule has 0 aromatic heterocycles. The Morgan fingerprint density at radius 3 is 2.87 bits per heavy atom. The molecule has 7 nitrogen and oxygen atoms in total. The number of anilines is 1. The van der Waals surface area contributed by atoms with Crippen molar-refractivity contribution >= 4 is 29.8 Å². The normalized spacial score (nSPS) is 17.0. The van der Waals surface area contributed by atoms with Gasteiger partial charge < -0.3 is 14.4 Å². The first-order chi connectivity index (χ1) is 11.2. The minimum absolute atomic E-state index is 0.0532. The summed E-state index contributed by atoms with van der Waals surface area (Å²) in [4.78, 5) is 25.8. The Morgan fingerprint density at radius 2 is 2.13 bits per heavy atom. The second kappa shape index (κ2) is 8.88. The number of ether oxygens (including phenoxy) is 2. The van der Waals surface area contributed by atoms with E-state index in [1.165, 1.54) is 11.8 Å². The smallest absolute Gasteiger partial charge is 0.242 e. The van der Waals surface area contributed by atoms with E-state index in [2.05, 4.69) is 0 Å². The van der Waals surface area contributed by atoms with Crippen molar-refractivity contribution in [3.8, 4) is 0 Å². The lowest BCUT2D eigenvalue weighted by molar-refractivity contribution is -0.150. The number of carbonyl (C=O) groups is 2. The molecule has 126 valence electrons. The van der Waals surface area contributed by atoms with Crippen LogP contribution in [-0.4, -0.2) is 67.9 Å². The molecule has 2 rings (SSSR count). The van der Waals surface area contributed by atoms with Gasteiger partial charge in [0, 0.05) is 18.6 Å². The van der Waals surface area contributed by atoms with Crippen molar-refractivity contribution in [1.82, 2.24) is 5.06 Å². The Hall–Kier alpha value is -1.61. The Labute approximate surface area is 139 Å². The second-order valence-electron chi connectivity index (χ2n) is 4.90. The molecule has 1 aliphatic rings. The first-order valence-electron chi connectivity index (χ1n) is 7.22. The minimum atomic E-state index is -0.543. The zero-order valence-corrected chi connectivity index (χ0v) is 13.7. The largest absolute Gasteiger partial charge is 0.382 e. The summed E-state index contributed by atoms with van der Waals surface area (Å²) in [6.45, 7) is 1.71. The Morgan fingerprint density at radius 1 is 1.35 bits per heavy atom. The molecule has 0 spiro atoms. The molecule has 2 amide bonds. The zero-order valence-electron chi connectivity index (χ0n) is 12.9. The van der Waals surface area contributed by atoms with E-state index in [4.69, 9.17) is 9.47 Å². The number of para-hydroxylation sites is 1. The monoisotopic (exact) mass is 340 g/mol. The van der Waals surface area contributed by atoms with Crippen LogP contribution in [0.4, 0.5) is 5.69 Å². The summed E-state index contributed by atoms with van der Waals surface area (Å²) < 4.78 is 10.3. The van der Waals surface area contributed by atoms with Gasteiger partial charge in [-0.3, -0.25) is 14.8 Å². The lowest BCUT2D eigenvalue weighted by Crippen LogP contribution is -2.46. The number of carbonyl (C=O) groups excluding carboxylic acids is 2. The molecule has 0 saturated heterocycles. The third-order valence-corrected chi connectivity index (χ3v) is 4.57. The number of hydroxylamine groups is 2. The van der Waals surface area contributed by atoms with Gasteiger partial charge in [0.1, 0.15) is 5.25 Å². The predicted molar refractivity (Wildman–Crippen MR) is 85.7 cm³/mol. The molecule has 1 heterocycles. The van der Waals surface area contributed by atoms with Gasteiger partial charge in [-0.25, -0.2) is 5.06 Å². The molecule has 1 atom stereocenters. The average Bonchev–Trinajstić information content (AvgIpc) is 2.57. The summed E-state index contributed by atoms with van der Waals surface area (Å²) in [5, 5.41) is 9.33. The van der Waals surface area contributed by atoms with E-state index in [1.54, 1.807) is 12.0 Å². The van der Waals surface area contributed by atoms with Crippen molar-refractivity contribution < 1.29 is 24.3 Å². The van der Waals surface area contributed by atoms with Gasteiger partial charge >= 0.3 is 0 Å². The van der Waals surface area contributed by atoms with Crippen molar-refractivity contribution in [3.63, 3.8) is 0 Å². The molecule has 0 bridgehead atoms. The molecule has 0 fully saturated rings. The molecule has 1 aromatic rings. The number of hydrogen-bond donors (Lipinski definition) is 1. The average molecular weight is 340 g/mol. The first kappa shape index (κ1) is 17.7. The van der Waals surface area contributed by atoms with E-state index in [9.17, 15) is 14.8 Å². The van der Waals surface area contributed by atoms with Gasteiger partial charge in [0.2, 0.25) is 12.3 Å². The lowest BCUT2D eigenvalue weighted by atomic mass is 10.2. The fraction of sp³-hybridized carbons (Fsp3) is 0.467. The van der Waals surface area contributed by atoms with Crippen LogP contribution in [-0.2, 0) is 19.1 Å². The highest BCUT2D eigenvalue weighted by Gasteiger charge is 2.34. The van der Waals surface area contributed by atoms with Gasteiger partial charge in [0.15, 0.2) is 0 Å². The van der Waals surface area contributed by atoms with Crippen molar-refractivity contribution in [2.45, 2.75) is 10.1 Å². The van der Waals surface area contributed by atoms with Crippen LogP contribution in [0.25, 0.3) is 0 Å². The Balaban J connectivity index is 2.07. The fourth-order valence-electron chi connectivity index (χ4n) is 2.24. The summed E-state index contributed by atoms with van der Waals surface area (Å²) in [6, 6.07) is 7.56. The summed E-state index contributed by atoms with van der Waals surface area (Å²) in [5.41, 5.74) is 0.824. The quantitative estimate of drug-likeness (QED) is 0.313. The SMILES string of the molecule is COCCOCCN1C(=O)C(CN(O)C=O)Sc2ccccc21. The topological polar surface area (TPSA) is 79.3 Å². The highest BCUT2D eigenvalue weighted by Crippen LogP contribution is 2.39. The third kappa shape index (κ3) is 4.68. The molecule has 8 heteroatoms. The van der Waals surface area contributed by atoms with Crippen LogP contribution in [0.3, 0.4) is 0 Å². The van der Waals surface area contributed by atoms with E-state index in [-0.39, 0.29) is 12.5 Å². The van der Waals surface area contributed by atoms with E-state index < -0.39 is 5.25 Å². The number of hydrogen-bond acceptors (Lipinski definition) is 6. The number of nitrogens with zero attached hydrogens (tertiary/aromatic N) is 2. The number of amides is 2. The van der Waals surface area contributed by atoms with Gasteiger partial charge in [-0.05, 0) is 12.1 Å². The van der Waals surface area contributed by atoms with Crippen molar-refractivity contribution in [2.24, 2.45) is 0 Å². The van der Waals surface area contributed by atoms with Crippen LogP contribution < -0.4 is 4.90 Å². The number of thioether (sulfide) groups is 1. The van der Waals surface area contributed by atoms with E-state index in [0.29, 0.717) is 37.8 Å². The summed E-state index contributed by atoms with van der Waals surface area (Å²) >= 11 is 1.35. The Bertz CT molecular complexity index is 542. The van der Waals surface area contributed by atoms with E-state index >= 15 is 0 Å². The fourth-order valence-corrected chi connectivity index (χ4v) is 3.45. The second-order valence-corrected chi connectivity index (χ2v) is 6.14. The standard InChI is InChI=1S/C15H20N2O5S/c1-21-8-9-22-7-6-17-12-4-2-3-5-13(12)23-14(15(17)19)10-16(20)11-18/h2-5,11,14,20H,6-10H2,1H3. The summed E-state index contributed by atoms with van der Waals surface area (Å²) in [7, 11) is 1.60. The van der Waals surface area contributed by atoms with Crippen LogP contribution in [0.2, 0.25) is 0 Å². The zero-order chi connectivity index (χ0) is 16.7. The lowest BCUT2D eigenvalue weighted by Gasteiger charge is -2.34. The van der Waals surface area contributed by atoms with Crippen LogP contribution >= 0.6 is 11.8 Å². The molecule has 0 aliphatic carbocycles. The predicted octanol–water partition coefficient (Wildman–Crippen LogP) is 1.00. The van der Waals surface area contributed by atoms with Gasteiger partial charge in [0.05, 0.1) is 32.1 Å². The highest BCUT2D eigenvalue weighted by molar-refractivity contribution is 8.01. The maximum Gasteiger partial charge on any atom is 0.242 e. The number of methoxy groups -OCH3 is 1. The molecular formula is C15H20N2O5S. The van der Waals surface area contributed by atoms with Crippen LogP contribution in [0.5, 0.6) is 0 Å². The molecule has 1 unspecified atom stereocenters. The van der Waals surface area contributed by atoms with Crippen molar-refractivity contribution in [3.05, 3.63) is 24.3 Å². The van der Waals surface area contributed by atoms with Crippen LogP contribution in [0.1, 0.15) is 0 Å². The minimum Gasteiger partial charge on any atom is -0.382 e. The number of fused-ring (bicyclic) bond motifs is 1. The molecule has 0 saturated carbocycles. The molecule has 0 radical (unpaired) electrons. The maximum atomic E-state index is 12.6. The molecule has 23 heavy (non-hydrogen) atoms. The maximum absolute atomic E-state index is 12.6. The van der Waals surface area contributed by atoms with Gasteiger partial charge in [-0.15, -0.1) is 11.8 Å². The third-order valence-electron chi connectivity index (χ3n) is 3.33. The van der Waals surface area contributed by atoms with Gasteiger partial charge in [-0.2, -0.15) is 0 Å². The molecule has 1 N–H and O–H groups in total. The van der Waals surface area contributed by atoms with Crippen LogP contribution in [0, 0.1) is 0 Å². The molecule has 1 aromatic carbocycles. The van der Waals surface area contributed by atoms with E-state index in [0.717, 1.165) is 10.6 Å². The van der Waals surface area contributed by atoms with Crippen molar-refractivity contribution in [1.29, 1.82) is 0 Å². The molecular weight excluding hydrogens is 320 g/mol. The van der Waals surface area contributed by atoms with E-state index in [1.807, 2.05) is 24.3 Å². The first-order valence-corrected chi connectivity index (χ1v) is 8.10. The van der Waals surface area contributed by atoms with Gasteiger partial charge in [-0.1, -0.05) is 12.1 Å². The molecule has 1 aliphatic heterocycles. The Kier molecular flexibility index (Phi) is 6.85. The summed E-state index contributed by atoms with van der Waals surface area (Å²) in [6.07, 6.45) is 0.298. The van der Waals surface area contributed by atoms with Gasteiger partial charge in [0.25, 0.3) is 0 Å². The number of rotatable bonds is 9. The highest BCUT2D eigenvalue weighted by atomic mass is 32.2. The number of benzene rings is 1.